The summed E-state index contributed by atoms with van der Waals surface area (Å²) in [4.78, 5) is 28.5. The van der Waals surface area contributed by atoms with Gasteiger partial charge in [0.05, 0.1) is 11.4 Å². The normalized spacial score (nSPS) is 18.9. The molecule has 0 amide bonds. The van der Waals surface area contributed by atoms with Crippen molar-refractivity contribution in [3.05, 3.63) is 52.7 Å². The Morgan fingerprint density at radius 2 is 2.03 bits per heavy atom. The summed E-state index contributed by atoms with van der Waals surface area (Å²) in [6.07, 6.45) is 3.29. The Morgan fingerprint density at radius 3 is 2.72 bits per heavy atom. The molecule has 0 bridgehead atoms. The first-order valence-electron chi connectivity index (χ1n) is 10.4. The van der Waals surface area contributed by atoms with E-state index in [1.807, 2.05) is 37.3 Å². The van der Waals surface area contributed by atoms with Crippen LogP contribution in [-0.2, 0) is 11.2 Å². The molecular formula is C23H28N4OS. The van der Waals surface area contributed by atoms with E-state index in [9.17, 15) is 4.79 Å². The summed E-state index contributed by atoms with van der Waals surface area (Å²) in [7, 11) is 0. The summed E-state index contributed by atoms with van der Waals surface area (Å²) in [6, 6.07) is 12.4. The van der Waals surface area contributed by atoms with Crippen molar-refractivity contribution in [2.24, 2.45) is 0 Å². The van der Waals surface area contributed by atoms with Crippen molar-refractivity contribution in [1.29, 1.82) is 0 Å². The number of aldehydes is 1. The van der Waals surface area contributed by atoms with E-state index in [1.165, 1.54) is 10.3 Å². The van der Waals surface area contributed by atoms with Crippen molar-refractivity contribution >= 4 is 33.7 Å². The van der Waals surface area contributed by atoms with Crippen molar-refractivity contribution in [2.75, 3.05) is 24.5 Å². The summed E-state index contributed by atoms with van der Waals surface area (Å²) in [5.41, 5.74) is 1.06. The molecule has 29 heavy (non-hydrogen) atoms. The van der Waals surface area contributed by atoms with E-state index >= 15 is 0 Å². The molecule has 1 unspecified atom stereocenters. The van der Waals surface area contributed by atoms with Gasteiger partial charge in [0.15, 0.2) is 0 Å². The van der Waals surface area contributed by atoms with Crippen molar-refractivity contribution in [3.63, 3.8) is 0 Å². The number of piperazine rings is 1. The summed E-state index contributed by atoms with van der Waals surface area (Å²) in [5, 5.41) is 1.17. The van der Waals surface area contributed by atoms with Crippen LogP contribution in [-0.4, -0.2) is 46.8 Å². The molecule has 1 aromatic carbocycles. The average molecular weight is 409 g/mol. The fraction of sp³-hybridized carbons (Fsp3) is 0.435. The molecular weight excluding hydrogens is 380 g/mol. The molecule has 0 saturated carbocycles. The number of hydrogen-bond acceptors (Lipinski definition) is 6. The maximum atomic E-state index is 11.9. The van der Waals surface area contributed by atoms with Crippen LogP contribution < -0.4 is 4.90 Å². The van der Waals surface area contributed by atoms with E-state index in [1.54, 1.807) is 11.3 Å². The first kappa shape index (κ1) is 20.0. The van der Waals surface area contributed by atoms with Gasteiger partial charge in [0.1, 0.15) is 22.8 Å². The number of fused-ring (bicyclic) bond motifs is 1. The standard InChI is InChI=1S/C23H28N4OS/c1-4-8-19-13-20-22(24-17(3)25-23(20)29-19)27-12-11-26(14-16(27)2)21(15-28)18-9-6-5-7-10-18/h5-7,9-10,13,15-16,21H,4,8,11-12,14H2,1-3H3/t16-,21?/m0/s1. The molecule has 2 atom stereocenters. The molecule has 4 rings (SSSR count). The Morgan fingerprint density at radius 1 is 1.24 bits per heavy atom. The number of thiophene rings is 1. The fourth-order valence-electron chi connectivity index (χ4n) is 4.23. The minimum atomic E-state index is -0.190. The highest BCUT2D eigenvalue weighted by Crippen LogP contribution is 2.34. The van der Waals surface area contributed by atoms with E-state index in [2.05, 4.69) is 34.7 Å². The van der Waals surface area contributed by atoms with Gasteiger partial charge in [0, 0.05) is 30.6 Å². The number of carbonyl (C=O) groups excluding carboxylic acids is 1. The summed E-state index contributed by atoms with van der Waals surface area (Å²) < 4.78 is 0. The Balaban J connectivity index is 1.60. The van der Waals surface area contributed by atoms with Gasteiger partial charge >= 0.3 is 0 Å². The van der Waals surface area contributed by atoms with Gasteiger partial charge in [-0.05, 0) is 31.9 Å². The monoisotopic (exact) mass is 408 g/mol. The first-order chi connectivity index (χ1) is 14.1. The van der Waals surface area contributed by atoms with Gasteiger partial charge in [-0.3, -0.25) is 4.90 Å². The number of benzene rings is 1. The summed E-state index contributed by atoms with van der Waals surface area (Å²) in [5.74, 6) is 1.86. The van der Waals surface area contributed by atoms with Crippen LogP contribution in [0.3, 0.4) is 0 Å². The Kier molecular flexibility index (Phi) is 5.92. The Labute approximate surface area is 176 Å². The molecule has 0 radical (unpaired) electrons. The molecule has 1 fully saturated rings. The molecule has 3 aromatic rings. The van der Waals surface area contributed by atoms with E-state index in [0.717, 1.165) is 60.8 Å². The molecule has 1 aliphatic rings. The predicted octanol–water partition coefficient (Wildman–Crippen LogP) is 4.40. The smallest absolute Gasteiger partial charge is 0.141 e. The van der Waals surface area contributed by atoms with Crippen LogP contribution in [0.5, 0.6) is 0 Å². The SMILES string of the molecule is CCCc1cc2c(N3CCN(C(C=O)c4ccccc4)C[C@@H]3C)nc(C)nc2s1. The first-order valence-corrected chi connectivity index (χ1v) is 11.2. The maximum absolute atomic E-state index is 11.9. The number of aromatic nitrogens is 2. The molecule has 5 nitrogen and oxygen atoms in total. The molecule has 2 aromatic heterocycles. The third-order valence-electron chi connectivity index (χ3n) is 5.63. The average Bonchev–Trinajstić information content (AvgIpc) is 3.11. The van der Waals surface area contributed by atoms with Crippen LogP contribution in [0.1, 0.15) is 42.6 Å². The van der Waals surface area contributed by atoms with Gasteiger partial charge in [-0.1, -0.05) is 43.7 Å². The van der Waals surface area contributed by atoms with Crippen molar-refractivity contribution in [1.82, 2.24) is 14.9 Å². The molecule has 1 aliphatic heterocycles. The molecule has 3 heterocycles. The third-order valence-corrected chi connectivity index (χ3v) is 6.71. The van der Waals surface area contributed by atoms with Crippen LogP contribution in [0.25, 0.3) is 10.2 Å². The van der Waals surface area contributed by atoms with E-state index in [4.69, 9.17) is 4.98 Å². The second kappa shape index (κ2) is 8.59. The summed E-state index contributed by atoms with van der Waals surface area (Å²) in [6.45, 7) is 8.92. The lowest BCUT2D eigenvalue weighted by atomic mass is 10.0. The molecule has 0 spiro atoms. The lowest BCUT2D eigenvalue weighted by Crippen LogP contribution is -2.53. The molecule has 0 aliphatic carbocycles. The fourth-order valence-corrected chi connectivity index (χ4v) is 5.40. The van der Waals surface area contributed by atoms with Gasteiger partial charge in [-0.2, -0.15) is 0 Å². The van der Waals surface area contributed by atoms with Crippen LogP contribution in [0.4, 0.5) is 5.82 Å². The van der Waals surface area contributed by atoms with E-state index in [-0.39, 0.29) is 12.1 Å². The quantitative estimate of drug-likeness (QED) is 0.566. The van der Waals surface area contributed by atoms with Gasteiger partial charge in [-0.15, -0.1) is 11.3 Å². The van der Waals surface area contributed by atoms with Crippen molar-refractivity contribution in [2.45, 2.75) is 45.7 Å². The Bertz CT molecular complexity index is 987. The van der Waals surface area contributed by atoms with Crippen LogP contribution in [0.2, 0.25) is 0 Å². The van der Waals surface area contributed by atoms with Gasteiger partial charge in [-0.25, -0.2) is 9.97 Å². The molecule has 152 valence electrons. The number of hydrogen-bond donors (Lipinski definition) is 0. The minimum Gasteiger partial charge on any atom is -0.351 e. The predicted molar refractivity (Wildman–Crippen MR) is 120 cm³/mol. The van der Waals surface area contributed by atoms with Gasteiger partial charge < -0.3 is 9.69 Å². The molecule has 1 saturated heterocycles. The topological polar surface area (TPSA) is 49.3 Å². The zero-order chi connectivity index (χ0) is 20.4. The third kappa shape index (κ3) is 4.05. The van der Waals surface area contributed by atoms with Crippen LogP contribution >= 0.6 is 11.3 Å². The van der Waals surface area contributed by atoms with Crippen LogP contribution in [0, 0.1) is 6.92 Å². The molecule has 6 heteroatoms. The van der Waals surface area contributed by atoms with Gasteiger partial charge in [0.25, 0.3) is 0 Å². The van der Waals surface area contributed by atoms with E-state index in [0.29, 0.717) is 0 Å². The second-order valence-corrected chi connectivity index (χ2v) is 8.92. The highest BCUT2D eigenvalue weighted by molar-refractivity contribution is 7.18. The number of aryl methyl sites for hydroxylation is 2. The highest BCUT2D eigenvalue weighted by atomic mass is 32.1. The second-order valence-electron chi connectivity index (χ2n) is 7.80. The number of nitrogens with zero attached hydrogens (tertiary/aromatic N) is 4. The number of anilines is 1. The number of carbonyl (C=O) groups is 1. The minimum absolute atomic E-state index is 0.190. The lowest BCUT2D eigenvalue weighted by Gasteiger charge is -2.42. The van der Waals surface area contributed by atoms with E-state index < -0.39 is 0 Å². The van der Waals surface area contributed by atoms with Gasteiger partial charge in [0.2, 0.25) is 0 Å². The van der Waals surface area contributed by atoms with Crippen molar-refractivity contribution < 1.29 is 4.79 Å². The summed E-state index contributed by atoms with van der Waals surface area (Å²) >= 11 is 1.79. The van der Waals surface area contributed by atoms with Crippen molar-refractivity contribution in [3.8, 4) is 0 Å². The Hall–Kier alpha value is -2.31. The maximum Gasteiger partial charge on any atom is 0.141 e. The lowest BCUT2D eigenvalue weighted by molar-refractivity contribution is -0.112. The number of rotatable bonds is 6. The largest absolute Gasteiger partial charge is 0.351 e. The highest BCUT2D eigenvalue weighted by Gasteiger charge is 2.31. The zero-order valence-corrected chi connectivity index (χ0v) is 18.2. The van der Waals surface area contributed by atoms with Crippen LogP contribution in [0.15, 0.2) is 36.4 Å². The molecule has 0 N–H and O–H groups in total. The zero-order valence-electron chi connectivity index (χ0n) is 17.3.